The summed E-state index contributed by atoms with van der Waals surface area (Å²) in [6.45, 7) is 1.63. The molecule has 2 atom stereocenters. The maximum Gasteiger partial charge on any atom is 0.256 e. The highest BCUT2D eigenvalue weighted by Gasteiger charge is 2.37. The Bertz CT molecular complexity index is 850. The molecule has 24 heavy (non-hydrogen) atoms. The van der Waals surface area contributed by atoms with Gasteiger partial charge >= 0.3 is 0 Å². The average Bonchev–Trinajstić information content (AvgIpc) is 2.91. The molecule has 5 nitrogen and oxygen atoms in total. The molecule has 126 valence electrons. The minimum atomic E-state index is -0.829. The van der Waals surface area contributed by atoms with Crippen molar-refractivity contribution in [2.75, 3.05) is 6.54 Å². The molecule has 7 heteroatoms. The summed E-state index contributed by atoms with van der Waals surface area (Å²) in [5.41, 5.74) is 0.425. The Labute approximate surface area is 136 Å². The van der Waals surface area contributed by atoms with Gasteiger partial charge in [-0.25, -0.2) is 8.78 Å². The minimum absolute atomic E-state index is 0.0119. The number of H-pyrrole nitrogens is 1. The second kappa shape index (κ2) is 6.16. The van der Waals surface area contributed by atoms with Crippen molar-refractivity contribution in [2.24, 2.45) is 0 Å². The first kappa shape index (κ1) is 16.3. The van der Waals surface area contributed by atoms with Crippen molar-refractivity contribution < 1.29 is 18.7 Å². The number of aliphatic hydroxyl groups excluding tert-OH is 1. The third-order valence-electron chi connectivity index (χ3n) is 4.22. The molecule has 2 heterocycles. The number of β-amino-alcohol motifs (C(OH)–C–C–N with tert-alkyl or cyclic N) is 1. The standard InChI is InChI=1S/C17H16F2N2O3/c1-9-4-16(23)20-7-13(9)17(24)21-8-11(22)6-15(21)12-5-10(18)2-3-14(12)19/h2-5,7,11,15,22H,6,8H2,1H3,(H,20,23)/t11-,15+/m1/s1. The van der Waals surface area contributed by atoms with Crippen molar-refractivity contribution in [2.45, 2.75) is 25.5 Å². The zero-order chi connectivity index (χ0) is 17.4. The van der Waals surface area contributed by atoms with Crippen LogP contribution in [0.15, 0.2) is 35.3 Å². The van der Waals surface area contributed by atoms with Gasteiger partial charge in [0.2, 0.25) is 5.56 Å². The fourth-order valence-electron chi connectivity index (χ4n) is 3.06. The van der Waals surface area contributed by atoms with Crippen LogP contribution < -0.4 is 5.56 Å². The van der Waals surface area contributed by atoms with Gasteiger partial charge in [-0.3, -0.25) is 9.59 Å². The number of benzene rings is 1. The Morgan fingerprint density at radius 1 is 1.33 bits per heavy atom. The van der Waals surface area contributed by atoms with E-state index in [4.69, 9.17) is 0 Å². The second-order valence-electron chi connectivity index (χ2n) is 5.92. The lowest BCUT2D eigenvalue weighted by Gasteiger charge is -2.25. The van der Waals surface area contributed by atoms with Crippen LogP contribution in [-0.2, 0) is 0 Å². The Kier molecular flexibility index (Phi) is 4.19. The van der Waals surface area contributed by atoms with Crippen LogP contribution in [-0.4, -0.2) is 33.5 Å². The molecule has 0 radical (unpaired) electrons. The van der Waals surface area contributed by atoms with Crippen LogP contribution in [0.2, 0.25) is 0 Å². The third kappa shape index (κ3) is 2.94. The third-order valence-corrected chi connectivity index (χ3v) is 4.22. The van der Waals surface area contributed by atoms with E-state index in [9.17, 15) is 23.5 Å². The first-order chi connectivity index (χ1) is 11.4. The zero-order valence-electron chi connectivity index (χ0n) is 12.9. The lowest BCUT2D eigenvalue weighted by Crippen LogP contribution is -2.33. The largest absolute Gasteiger partial charge is 0.391 e. The molecule has 1 aromatic carbocycles. The fraction of sp³-hybridized carbons (Fsp3) is 0.294. The van der Waals surface area contributed by atoms with Crippen molar-refractivity contribution >= 4 is 5.91 Å². The van der Waals surface area contributed by atoms with Gasteiger partial charge in [-0.15, -0.1) is 0 Å². The van der Waals surface area contributed by atoms with Crippen LogP contribution in [0.4, 0.5) is 8.78 Å². The van der Waals surface area contributed by atoms with Crippen molar-refractivity contribution in [3.05, 3.63) is 69.1 Å². The van der Waals surface area contributed by atoms with E-state index in [0.29, 0.717) is 5.56 Å². The predicted molar refractivity (Wildman–Crippen MR) is 82.6 cm³/mol. The number of hydrogen-bond acceptors (Lipinski definition) is 3. The number of carbonyl (C=O) groups excluding carboxylic acids is 1. The number of pyridine rings is 1. The van der Waals surface area contributed by atoms with E-state index in [1.54, 1.807) is 6.92 Å². The van der Waals surface area contributed by atoms with Gasteiger partial charge in [0.1, 0.15) is 11.6 Å². The molecule has 1 fully saturated rings. The van der Waals surface area contributed by atoms with Crippen LogP contribution in [0.25, 0.3) is 0 Å². The summed E-state index contributed by atoms with van der Waals surface area (Å²) in [6.07, 6.45) is 0.586. The summed E-state index contributed by atoms with van der Waals surface area (Å²) in [5.74, 6) is -1.69. The monoisotopic (exact) mass is 334 g/mol. The molecule has 0 aliphatic carbocycles. The van der Waals surface area contributed by atoms with Gasteiger partial charge in [0.25, 0.3) is 5.91 Å². The van der Waals surface area contributed by atoms with Crippen molar-refractivity contribution in [1.29, 1.82) is 0 Å². The highest BCUT2D eigenvalue weighted by Crippen LogP contribution is 2.35. The Balaban J connectivity index is 2.00. The number of halogens is 2. The lowest BCUT2D eigenvalue weighted by atomic mass is 10.0. The molecule has 1 amide bonds. The molecule has 0 unspecified atom stereocenters. The van der Waals surface area contributed by atoms with E-state index < -0.39 is 29.7 Å². The quantitative estimate of drug-likeness (QED) is 0.881. The molecule has 1 aliphatic rings. The first-order valence-electron chi connectivity index (χ1n) is 7.50. The highest BCUT2D eigenvalue weighted by atomic mass is 19.1. The Hall–Kier alpha value is -2.54. The summed E-state index contributed by atoms with van der Waals surface area (Å²) < 4.78 is 27.6. The first-order valence-corrected chi connectivity index (χ1v) is 7.50. The minimum Gasteiger partial charge on any atom is -0.391 e. The van der Waals surface area contributed by atoms with Gasteiger partial charge in [0, 0.05) is 24.4 Å². The van der Waals surface area contributed by atoms with Crippen LogP contribution in [0.1, 0.15) is 33.9 Å². The molecule has 1 saturated heterocycles. The van der Waals surface area contributed by atoms with Gasteiger partial charge in [0.15, 0.2) is 0 Å². The number of amides is 1. The molecule has 0 saturated carbocycles. The van der Waals surface area contributed by atoms with Gasteiger partial charge in [-0.05, 0) is 37.1 Å². The van der Waals surface area contributed by atoms with Crippen molar-refractivity contribution in [3.63, 3.8) is 0 Å². The van der Waals surface area contributed by atoms with Crippen LogP contribution >= 0.6 is 0 Å². The van der Waals surface area contributed by atoms with Gasteiger partial charge in [-0.2, -0.15) is 0 Å². The smallest absolute Gasteiger partial charge is 0.256 e. The Morgan fingerprint density at radius 2 is 2.08 bits per heavy atom. The summed E-state index contributed by atoms with van der Waals surface area (Å²) >= 11 is 0. The number of aromatic amines is 1. The van der Waals surface area contributed by atoms with Gasteiger partial charge in [-0.1, -0.05) is 0 Å². The number of nitrogens with one attached hydrogen (secondary N) is 1. The summed E-state index contributed by atoms with van der Waals surface area (Å²) in [6, 6.07) is 3.57. The van der Waals surface area contributed by atoms with E-state index in [1.807, 2.05) is 0 Å². The second-order valence-corrected chi connectivity index (χ2v) is 5.92. The van der Waals surface area contributed by atoms with Gasteiger partial charge in [0.05, 0.1) is 17.7 Å². The Morgan fingerprint density at radius 3 is 2.79 bits per heavy atom. The van der Waals surface area contributed by atoms with E-state index in [-0.39, 0.29) is 29.7 Å². The van der Waals surface area contributed by atoms with E-state index in [2.05, 4.69) is 4.98 Å². The molecular formula is C17H16F2N2O3. The van der Waals surface area contributed by atoms with E-state index >= 15 is 0 Å². The number of carbonyl (C=O) groups is 1. The normalized spacial score (nSPS) is 20.4. The molecule has 1 aromatic heterocycles. The van der Waals surface area contributed by atoms with E-state index in [0.717, 1.165) is 18.2 Å². The fourth-order valence-corrected chi connectivity index (χ4v) is 3.06. The zero-order valence-corrected chi connectivity index (χ0v) is 12.9. The van der Waals surface area contributed by atoms with Gasteiger partial charge < -0.3 is 15.0 Å². The molecular weight excluding hydrogens is 318 g/mol. The maximum atomic E-state index is 14.1. The molecule has 3 rings (SSSR count). The average molecular weight is 334 g/mol. The number of aromatic nitrogens is 1. The summed E-state index contributed by atoms with van der Waals surface area (Å²) in [7, 11) is 0. The number of aryl methyl sites for hydroxylation is 1. The SMILES string of the molecule is Cc1cc(=O)[nH]cc1C(=O)N1C[C@H](O)C[C@H]1c1cc(F)ccc1F. The topological polar surface area (TPSA) is 73.4 Å². The highest BCUT2D eigenvalue weighted by molar-refractivity contribution is 5.95. The van der Waals surface area contributed by atoms with Crippen molar-refractivity contribution in [1.82, 2.24) is 9.88 Å². The maximum absolute atomic E-state index is 14.1. The molecule has 1 aliphatic heterocycles. The number of hydrogen-bond donors (Lipinski definition) is 2. The number of nitrogens with zero attached hydrogens (tertiary/aromatic N) is 1. The number of rotatable bonds is 2. The number of aliphatic hydroxyl groups is 1. The number of likely N-dealkylation sites (tertiary alicyclic amines) is 1. The van der Waals surface area contributed by atoms with Crippen LogP contribution in [0.5, 0.6) is 0 Å². The van der Waals surface area contributed by atoms with Crippen LogP contribution in [0, 0.1) is 18.6 Å². The molecule has 2 N–H and O–H groups in total. The van der Waals surface area contributed by atoms with E-state index in [1.165, 1.54) is 17.2 Å². The molecule has 0 bridgehead atoms. The summed E-state index contributed by atoms with van der Waals surface area (Å²) in [5, 5.41) is 9.93. The predicted octanol–water partition coefficient (Wildman–Crippen LogP) is 1.91. The molecule has 0 spiro atoms. The van der Waals surface area contributed by atoms with Crippen LogP contribution in [0.3, 0.4) is 0 Å². The summed E-state index contributed by atoms with van der Waals surface area (Å²) in [4.78, 5) is 27.8. The molecule has 2 aromatic rings. The van der Waals surface area contributed by atoms with Crippen molar-refractivity contribution in [3.8, 4) is 0 Å². The lowest BCUT2D eigenvalue weighted by molar-refractivity contribution is 0.0712.